The molecule has 0 fully saturated rings. The Morgan fingerprint density at radius 1 is 1.20 bits per heavy atom. The predicted octanol–water partition coefficient (Wildman–Crippen LogP) is 3.30. The SMILES string of the molecule is CNCc1cn(S(=O)(=O)c2ccccc2)c(-c2cccnc2Cl)c1F. The number of nitrogens with zero attached hydrogens (tertiary/aromatic N) is 2. The molecule has 2 aromatic heterocycles. The summed E-state index contributed by atoms with van der Waals surface area (Å²) in [6.45, 7) is 0.175. The van der Waals surface area contributed by atoms with Crippen LogP contribution in [0.5, 0.6) is 0 Å². The van der Waals surface area contributed by atoms with E-state index in [1.54, 1.807) is 31.3 Å². The van der Waals surface area contributed by atoms with E-state index in [-0.39, 0.29) is 33.4 Å². The maximum Gasteiger partial charge on any atom is 0.268 e. The molecule has 0 atom stereocenters. The fraction of sp³-hybridized carbons (Fsp3) is 0.118. The number of rotatable bonds is 5. The molecule has 3 aromatic rings. The highest BCUT2D eigenvalue weighted by atomic mass is 35.5. The van der Waals surface area contributed by atoms with Crippen LogP contribution in [0.2, 0.25) is 5.15 Å². The zero-order valence-electron chi connectivity index (χ0n) is 13.3. The number of hydrogen-bond acceptors (Lipinski definition) is 4. The van der Waals surface area contributed by atoms with Crippen molar-refractivity contribution in [3.05, 3.63) is 71.4 Å². The van der Waals surface area contributed by atoms with Crippen LogP contribution in [-0.2, 0) is 16.6 Å². The molecule has 0 radical (unpaired) electrons. The van der Waals surface area contributed by atoms with Crippen LogP contribution >= 0.6 is 11.6 Å². The minimum Gasteiger partial charge on any atom is -0.316 e. The molecular formula is C17H15ClFN3O2S. The highest BCUT2D eigenvalue weighted by Gasteiger charge is 2.27. The summed E-state index contributed by atoms with van der Waals surface area (Å²) in [6, 6.07) is 11.0. The van der Waals surface area contributed by atoms with E-state index in [4.69, 9.17) is 11.6 Å². The molecule has 0 aliphatic heterocycles. The molecule has 130 valence electrons. The molecule has 0 saturated heterocycles. The van der Waals surface area contributed by atoms with E-state index in [1.807, 2.05) is 0 Å². The van der Waals surface area contributed by atoms with Gasteiger partial charge in [-0.05, 0) is 31.3 Å². The topological polar surface area (TPSA) is 64.0 Å². The molecular weight excluding hydrogens is 365 g/mol. The van der Waals surface area contributed by atoms with Crippen molar-refractivity contribution in [3.8, 4) is 11.3 Å². The molecule has 0 bridgehead atoms. The Labute approximate surface area is 150 Å². The smallest absolute Gasteiger partial charge is 0.268 e. The van der Waals surface area contributed by atoms with Gasteiger partial charge in [0.1, 0.15) is 10.8 Å². The third-order valence-corrected chi connectivity index (χ3v) is 5.64. The minimum absolute atomic E-state index is 0.0278. The van der Waals surface area contributed by atoms with Crippen LogP contribution < -0.4 is 5.32 Å². The summed E-state index contributed by atoms with van der Waals surface area (Å²) < 4.78 is 41.9. The van der Waals surface area contributed by atoms with Crippen molar-refractivity contribution in [2.45, 2.75) is 11.4 Å². The molecule has 5 nitrogen and oxygen atoms in total. The van der Waals surface area contributed by atoms with E-state index in [1.165, 1.54) is 30.6 Å². The fourth-order valence-corrected chi connectivity index (χ4v) is 4.14. The standard InChI is InChI=1S/C17H15ClFN3O2S/c1-20-10-12-11-22(25(23,24)13-6-3-2-4-7-13)16(15(12)19)14-8-5-9-21-17(14)18/h2-9,11,20H,10H2,1H3. The zero-order valence-corrected chi connectivity index (χ0v) is 14.9. The number of benzene rings is 1. The first-order chi connectivity index (χ1) is 12.0. The van der Waals surface area contributed by atoms with Gasteiger partial charge in [-0.3, -0.25) is 0 Å². The van der Waals surface area contributed by atoms with E-state index >= 15 is 0 Å². The molecule has 8 heteroatoms. The number of pyridine rings is 1. The highest BCUT2D eigenvalue weighted by Crippen LogP contribution is 2.33. The Kier molecular flexibility index (Phi) is 4.89. The Morgan fingerprint density at radius 2 is 1.92 bits per heavy atom. The van der Waals surface area contributed by atoms with Gasteiger partial charge in [0.25, 0.3) is 10.0 Å². The van der Waals surface area contributed by atoms with Crippen LogP contribution in [0, 0.1) is 5.82 Å². The monoisotopic (exact) mass is 379 g/mol. The Bertz CT molecular complexity index is 1000. The minimum atomic E-state index is -3.99. The maximum absolute atomic E-state index is 15.0. The average molecular weight is 380 g/mol. The summed E-state index contributed by atoms with van der Waals surface area (Å²) in [5.41, 5.74) is 0.299. The van der Waals surface area contributed by atoms with Crippen LogP contribution in [-0.4, -0.2) is 24.4 Å². The molecule has 0 aliphatic carbocycles. The highest BCUT2D eigenvalue weighted by molar-refractivity contribution is 7.90. The lowest BCUT2D eigenvalue weighted by atomic mass is 10.2. The van der Waals surface area contributed by atoms with E-state index in [0.717, 1.165) is 3.97 Å². The lowest BCUT2D eigenvalue weighted by Crippen LogP contribution is -2.13. The average Bonchev–Trinajstić information content (AvgIpc) is 2.94. The van der Waals surface area contributed by atoms with E-state index in [0.29, 0.717) is 0 Å². The quantitative estimate of drug-likeness (QED) is 0.691. The van der Waals surface area contributed by atoms with Crippen molar-refractivity contribution in [3.63, 3.8) is 0 Å². The summed E-state index contributed by atoms with van der Waals surface area (Å²) in [7, 11) is -2.34. The molecule has 1 aromatic carbocycles. The first-order valence-electron chi connectivity index (χ1n) is 7.42. The molecule has 2 heterocycles. The molecule has 0 aliphatic rings. The first kappa shape index (κ1) is 17.6. The van der Waals surface area contributed by atoms with Gasteiger partial charge in [-0.15, -0.1) is 0 Å². The number of nitrogens with one attached hydrogen (secondary N) is 1. The maximum atomic E-state index is 15.0. The lowest BCUT2D eigenvalue weighted by molar-refractivity contribution is 0.585. The molecule has 25 heavy (non-hydrogen) atoms. The number of halogens is 2. The summed E-state index contributed by atoms with van der Waals surface area (Å²) in [4.78, 5) is 3.98. The Morgan fingerprint density at radius 3 is 2.56 bits per heavy atom. The fourth-order valence-electron chi connectivity index (χ4n) is 2.52. The van der Waals surface area contributed by atoms with Gasteiger partial charge in [0.15, 0.2) is 5.82 Å². The van der Waals surface area contributed by atoms with Crippen LogP contribution in [0.25, 0.3) is 11.3 Å². The Balaban J connectivity index is 2.30. The van der Waals surface area contributed by atoms with Gasteiger partial charge >= 0.3 is 0 Å². The van der Waals surface area contributed by atoms with Gasteiger partial charge < -0.3 is 5.32 Å². The summed E-state index contributed by atoms with van der Waals surface area (Å²) in [5, 5.41) is 2.85. The van der Waals surface area contributed by atoms with E-state index in [9.17, 15) is 12.8 Å². The predicted molar refractivity (Wildman–Crippen MR) is 94.4 cm³/mol. The van der Waals surface area contributed by atoms with Gasteiger partial charge in [0.05, 0.1) is 4.90 Å². The molecule has 0 unspecified atom stereocenters. The third-order valence-electron chi connectivity index (χ3n) is 3.66. The van der Waals surface area contributed by atoms with Gasteiger partial charge in [-0.2, -0.15) is 0 Å². The number of hydrogen-bond donors (Lipinski definition) is 1. The molecule has 0 saturated carbocycles. The van der Waals surface area contributed by atoms with Crippen molar-refractivity contribution in [1.82, 2.24) is 14.3 Å². The molecule has 0 spiro atoms. The van der Waals surface area contributed by atoms with Crippen LogP contribution in [0.3, 0.4) is 0 Å². The van der Waals surface area contributed by atoms with Gasteiger partial charge in [0, 0.05) is 30.1 Å². The number of aromatic nitrogens is 2. The van der Waals surface area contributed by atoms with Gasteiger partial charge in [0.2, 0.25) is 0 Å². The summed E-state index contributed by atoms with van der Waals surface area (Å²) in [5.74, 6) is -0.649. The largest absolute Gasteiger partial charge is 0.316 e. The normalized spacial score (nSPS) is 11.6. The van der Waals surface area contributed by atoms with Gasteiger partial charge in [-0.1, -0.05) is 29.8 Å². The van der Waals surface area contributed by atoms with Crippen LogP contribution in [0.1, 0.15) is 5.56 Å². The lowest BCUT2D eigenvalue weighted by Gasteiger charge is -2.11. The van der Waals surface area contributed by atoms with Crippen LogP contribution in [0.15, 0.2) is 59.8 Å². The second-order valence-electron chi connectivity index (χ2n) is 5.30. The molecule has 1 N–H and O–H groups in total. The second kappa shape index (κ2) is 6.95. The van der Waals surface area contributed by atoms with Gasteiger partial charge in [-0.25, -0.2) is 21.8 Å². The first-order valence-corrected chi connectivity index (χ1v) is 9.24. The zero-order chi connectivity index (χ0) is 18.0. The summed E-state index contributed by atoms with van der Waals surface area (Å²) >= 11 is 6.08. The van der Waals surface area contributed by atoms with Crippen molar-refractivity contribution in [1.29, 1.82) is 0 Å². The second-order valence-corrected chi connectivity index (χ2v) is 7.48. The molecule has 3 rings (SSSR count). The summed E-state index contributed by atoms with van der Waals surface area (Å²) in [6.07, 6.45) is 2.73. The molecule has 0 amide bonds. The van der Waals surface area contributed by atoms with Crippen molar-refractivity contribution >= 4 is 21.6 Å². The van der Waals surface area contributed by atoms with Crippen LogP contribution in [0.4, 0.5) is 4.39 Å². The van der Waals surface area contributed by atoms with Crippen molar-refractivity contribution in [2.24, 2.45) is 0 Å². The van der Waals surface area contributed by atoms with Crippen molar-refractivity contribution < 1.29 is 12.8 Å². The third kappa shape index (κ3) is 3.18. The van der Waals surface area contributed by atoms with E-state index < -0.39 is 15.8 Å². The van der Waals surface area contributed by atoms with Crippen molar-refractivity contribution in [2.75, 3.05) is 7.05 Å². The Hall–Kier alpha value is -2.22. The van der Waals surface area contributed by atoms with E-state index in [2.05, 4.69) is 10.3 Å².